The molecule has 5 nitrogen and oxygen atoms in total. The molecule has 0 unspecified atom stereocenters. The van der Waals surface area contributed by atoms with Gasteiger partial charge < -0.3 is 4.42 Å². The van der Waals surface area contributed by atoms with Crippen LogP contribution in [-0.2, 0) is 0 Å². The first-order valence-corrected chi connectivity index (χ1v) is 7.81. The SMILES string of the molecule is CCCCC#Cc1ccc(C(=O)NNC(=O)c2cccs2)o1. The molecule has 114 valence electrons. The van der Waals surface area contributed by atoms with Crippen LogP contribution >= 0.6 is 11.3 Å². The van der Waals surface area contributed by atoms with E-state index in [4.69, 9.17) is 4.42 Å². The normalized spacial score (nSPS) is 9.68. The van der Waals surface area contributed by atoms with E-state index < -0.39 is 5.91 Å². The summed E-state index contributed by atoms with van der Waals surface area (Å²) in [5.74, 6) is 5.49. The van der Waals surface area contributed by atoms with Crippen LogP contribution in [0.1, 0.15) is 52.2 Å². The Morgan fingerprint density at radius 1 is 1.23 bits per heavy atom. The van der Waals surface area contributed by atoms with E-state index in [1.807, 2.05) is 0 Å². The molecule has 0 radical (unpaired) electrons. The van der Waals surface area contributed by atoms with E-state index in [2.05, 4.69) is 29.6 Å². The van der Waals surface area contributed by atoms with Crippen LogP contribution in [0.5, 0.6) is 0 Å². The van der Waals surface area contributed by atoms with Crippen molar-refractivity contribution in [2.75, 3.05) is 0 Å². The second-order valence-corrected chi connectivity index (χ2v) is 5.40. The van der Waals surface area contributed by atoms with Crippen LogP contribution < -0.4 is 10.9 Å². The van der Waals surface area contributed by atoms with Crippen molar-refractivity contribution in [1.29, 1.82) is 0 Å². The summed E-state index contributed by atoms with van der Waals surface area (Å²) in [7, 11) is 0. The van der Waals surface area contributed by atoms with Gasteiger partial charge in [0.2, 0.25) is 0 Å². The largest absolute Gasteiger partial charge is 0.443 e. The zero-order chi connectivity index (χ0) is 15.8. The first-order chi connectivity index (χ1) is 10.7. The zero-order valence-electron chi connectivity index (χ0n) is 12.1. The maximum Gasteiger partial charge on any atom is 0.305 e. The minimum Gasteiger partial charge on any atom is -0.443 e. The fourth-order valence-corrected chi connectivity index (χ4v) is 2.21. The maximum absolute atomic E-state index is 11.8. The predicted octanol–water partition coefficient (Wildman–Crippen LogP) is 2.96. The van der Waals surface area contributed by atoms with E-state index >= 15 is 0 Å². The van der Waals surface area contributed by atoms with E-state index in [0.29, 0.717) is 10.6 Å². The van der Waals surface area contributed by atoms with E-state index in [9.17, 15) is 9.59 Å². The Labute approximate surface area is 132 Å². The van der Waals surface area contributed by atoms with Crippen LogP contribution in [0, 0.1) is 11.8 Å². The number of amides is 2. The van der Waals surface area contributed by atoms with Crippen LogP contribution in [0.15, 0.2) is 34.1 Å². The third-order valence-corrected chi connectivity index (χ3v) is 3.60. The van der Waals surface area contributed by atoms with Crippen LogP contribution in [0.4, 0.5) is 0 Å². The number of thiophene rings is 1. The lowest BCUT2D eigenvalue weighted by Crippen LogP contribution is -2.41. The van der Waals surface area contributed by atoms with E-state index in [0.717, 1.165) is 19.3 Å². The van der Waals surface area contributed by atoms with Crippen molar-refractivity contribution in [3.8, 4) is 11.8 Å². The molecule has 6 heteroatoms. The molecular formula is C16H16N2O3S. The Morgan fingerprint density at radius 2 is 2.05 bits per heavy atom. The van der Waals surface area contributed by atoms with Gasteiger partial charge in [0.15, 0.2) is 11.5 Å². The summed E-state index contributed by atoms with van der Waals surface area (Å²) >= 11 is 1.29. The van der Waals surface area contributed by atoms with Crippen molar-refractivity contribution in [3.63, 3.8) is 0 Å². The maximum atomic E-state index is 11.8. The average molecular weight is 316 g/mol. The molecular weight excluding hydrogens is 300 g/mol. The Kier molecular flexibility index (Phi) is 5.81. The molecule has 2 N–H and O–H groups in total. The zero-order valence-corrected chi connectivity index (χ0v) is 13.0. The van der Waals surface area contributed by atoms with Crippen molar-refractivity contribution in [3.05, 3.63) is 46.0 Å². The van der Waals surface area contributed by atoms with Gasteiger partial charge in [0.05, 0.1) is 4.88 Å². The third-order valence-electron chi connectivity index (χ3n) is 2.73. The van der Waals surface area contributed by atoms with Gasteiger partial charge in [-0.15, -0.1) is 11.3 Å². The number of carbonyl (C=O) groups is 2. The number of carbonyl (C=O) groups excluding carboxylic acids is 2. The number of unbranched alkanes of at least 4 members (excludes halogenated alkanes) is 2. The second kappa shape index (κ2) is 8.05. The van der Waals surface area contributed by atoms with Gasteiger partial charge in [-0.05, 0) is 35.9 Å². The molecule has 2 amide bonds. The minimum absolute atomic E-state index is 0.103. The first-order valence-electron chi connectivity index (χ1n) is 6.93. The molecule has 0 spiro atoms. The highest BCUT2D eigenvalue weighted by molar-refractivity contribution is 7.12. The molecule has 0 aliphatic heterocycles. The highest BCUT2D eigenvalue weighted by atomic mass is 32.1. The molecule has 2 aromatic heterocycles. The summed E-state index contributed by atoms with van der Waals surface area (Å²) in [6.45, 7) is 2.10. The Hall–Kier alpha value is -2.52. The molecule has 0 saturated carbocycles. The smallest absolute Gasteiger partial charge is 0.305 e. The Bertz CT molecular complexity index is 693. The Balaban J connectivity index is 1.86. The third kappa shape index (κ3) is 4.50. The number of nitrogens with one attached hydrogen (secondary N) is 2. The number of hydrazine groups is 1. The van der Waals surface area contributed by atoms with Gasteiger partial charge in [-0.2, -0.15) is 0 Å². The molecule has 2 rings (SSSR count). The summed E-state index contributed by atoms with van der Waals surface area (Å²) in [6, 6.07) is 6.59. The van der Waals surface area contributed by atoms with Gasteiger partial charge in [0.25, 0.3) is 5.91 Å². The molecule has 0 aliphatic rings. The second-order valence-electron chi connectivity index (χ2n) is 4.45. The number of hydrogen-bond acceptors (Lipinski definition) is 4. The van der Waals surface area contributed by atoms with Gasteiger partial charge >= 0.3 is 5.91 Å². The summed E-state index contributed by atoms with van der Waals surface area (Å²) in [4.78, 5) is 24.0. The monoisotopic (exact) mass is 316 g/mol. The van der Waals surface area contributed by atoms with Crippen LogP contribution in [0.3, 0.4) is 0 Å². The highest BCUT2D eigenvalue weighted by Gasteiger charge is 2.12. The number of rotatable bonds is 4. The molecule has 0 aromatic carbocycles. The van der Waals surface area contributed by atoms with Crippen molar-refractivity contribution >= 4 is 23.2 Å². The summed E-state index contributed by atoms with van der Waals surface area (Å²) < 4.78 is 5.31. The van der Waals surface area contributed by atoms with Gasteiger partial charge in [-0.1, -0.05) is 25.3 Å². The molecule has 22 heavy (non-hydrogen) atoms. The minimum atomic E-state index is -0.522. The topological polar surface area (TPSA) is 71.3 Å². The summed E-state index contributed by atoms with van der Waals surface area (Å²) in [5, 5.41) is 1.78. The molecule has 2 aromatic rings. The van der Waals surface area contributed by atoms with Crippen molar-refractivity contribution in [1.82, 2.24) is 10.9 Å². The molecule has 2 heterocycles. The van der Waals surface area contributed by atoms with E-state index in [1.165, 1.54) is 17.4 Å². The summed E-state index contributed by atoms with van der Waals surface area (Å²) in [5.41, 5.74) is 4.63. The van der Waals surface area contributed by atoms with E-state index in [-0.39, 0.29) is 11.7 Å². The van der Waals surface area contributed by atoms with Gasteiger partial charge in [0.1, 0.15) is 0 Å². The van der Waals surface area contributed by atoms with Crippen molar-refractivity contribution < 1.29 is 14.0 Å². The lowest BCUT2D eigenvalue weighted by atomic mass is 10.2. The fourth-order valence-electron chi connectivity index (χ4n) is 1.59. The fraction of sp³-hybridized carbons (Fsp3) is 0.250. The van der Waals surface area contributed by atoms with Crippen molar-refractivity contribution in [2.24, 2.45) is 0 Å². The van der Waals surface area contributed by atoms with E-state index in [1.54, 1.807) is 23.6 Å². The van der Waals surface area contributed by atoms with Gasteiger partial charge in [-0.25, -0.2) is 0 Å². The molecule has 0 saturated heterocycles. The highest BCUT2D eigenvalue weighted by Crippen LogP contribution is 2.08. The predicted molar refractivity (Wildman–Crippen MR) is 84.4 cm³/mol. The first kappa shape index (κ1) is 15.9. The standard InChI is InChI=1S/C16H16N2O3S/c1-2-3-4-5-7-12-9-10-13(21-12)15(19)17-18-16(20)14-8-6-11-22-14/h6,8-11H,2-4H2,1H3,(H,17,19)(H,18,20). The summed E-state index contributed by atoms with van der Waals surface area (Å²) in [6.07, 6.45) is 2.93. The van der Waals surface area contributed by atoms with Crippen LogP contribution in [0.25, 0.3) is 0 Å². The van der Waals surface area contributed by atoms with Crippen molar-refractivity contribution in [2.45, 2.75) is 26.2 Å². The lowest BCUT2D eigenvalue weighted by molar-refractivity contribution is 0.0832. The molecule has 0 aliphatic carbocycles. The van der Waals surface area contributed by atoms with Crippen LogP contribution in [0.2, 0.25) is 0 Å². The van der Waals surface area contributed by atoms with Gasteiger partial charge in [-0.3, -0.25) is 20.4 Å². The molecule has 0 bridgehead atoms. The quantitative estimate of drug-likeness (QED) is 0.517. The van der Waals surface area contributed by atoms with Crippen LogP contribution in [-0.4, -0.2) is 11.8 Å². The van der Waals surface area contributed by atoms with Gasteiger partial charge in [0, 0.05) is 6.42 Å². The number of hydrogen-bond donors (Lipinski definition) is 2. The lowest BCUT2D eigenvalue weighted by Gasteiger charge is -2.03. The molecule has 0 fully saturated rings. The average Bonchev–Trinajstić information content (AvgIpc) is 3.20. The molecule has 0 atom stereocenters. The number of furan rings is 1. The Morgan fingerprint density at radius 3 is 2.77 bits per heavy atom.